The Bertz CT molecular complexity index is 1030. The molecule has 0 saturated carbocycles. The topological polar surface area (TPSA) is 95.9 Å². The molecule has 0 unspecified atom stereocenters. The normalized spacial score (nSPS) is 11.6. The molecule has 0 fully saturated rings. The van der Waals surface area contributed by atoms with Crippen LogP contribution in [0.3, 0.4) is 0 Å². The SMILES string of the molecule is COc1ccc(S(=O)(=O)Nc2ccc(N(CC(C)C)CC(C)C)c(C(=O)O)c2)cc1Cl. The standard InChI is InChI=1S/C22H29ClN2O5S/c1-14(2)12-25(13-15(3)4)20-8-6-16(10-18(20)22(26)27)24-31(28,29)17-7-9-21(30-5)19(23)11-17/h6-11,14-15,24H,12-13H2,1-5H3,(H,26,27). The summed E-state index contributed by atoms with van der Waals surface area (Å²) in [7, 11) is -2.54. The first kappa shape index (κ1) is 24.8. The van der Waals surface area contributed by atoms with Crippen LogP contribution in [-0.2, 0) is 10.0 Å². The predicted molar refractivity (Wildman–Crippen MR) is 124 cm³/mol. The number of sulfonamides is 1. The van der Waals surface area contributed by atoms with E-state index in [1.54, 1.807) is 12.1 Å². The van der Waals surface area contributed by atoms with Crippen molar-refractivity contribution < 1.29 is 23.1 Å². The van der Waals surface area contributed by atoms with E-state index < -0.39 is 16.0 Å². The molecule has 2 N–H and O–H groups in total. The molecule has 0 heterocycles. The molecule has 0 aliphatic rings. The Morgan fingerprint density at radius 3 is 2.19 bits per heavy atom. The van der Waals surface area contributed by atoms with Crippen molar-refractivity contribution in [3.8, 4) is 5.75 Å². The molecule has 170 valence electrons. The maximum absolute atomic E-state index is 12.8. The first-order valence-electron chi connectivity index (χ1n) is 9.93. The third-order valence-corrected chi connectivity index (χ3v) is 6.10. The van der Waals surface area contributed by atoms with E-state index in [9.17, 15) is 18.3 Å². The van der Waals surface area contributed by atoms with Crippen LogP contribution in [-0.4, -0.2) is 39.7 Å². The van der Waals surface area contributed by atoms with Gasteiger partial charge in [-0.25, -0.2) is 13.2 Å². The number of hydrogen-bond donors (Lipinski definition) is 2. The minimum absolute atomic E-state index is 0.0364. The molecule has 0 aliphatic heterocycles. The molecular formula is C22H29ClN2O5S. The molecule has 0 aromatic heterocycles. The van der Waals surface area contributed by atoms with Crippen LogP contribution in [0.1, 0.15) is 38.1 Å². The quantitative estimate of drug-likeness (QED) is 0.511. The Labute approximate surface area is 189 Å². The zero-order chi connectivity index (χ0) is 23.3. The van der Waals surface area contributed by atoms with Crippen LogP contribution in [0.15, 0.2) is 41.3 Å². The van der Waals surface area contributed by atoms with E-state index in [1.807, 2.05) is 4.90 Å². The summed E-state index contributed by atoms with van der Waals surface area (Å²) in [5.41, 5.74) is 0.752. The highest BCUT2D eigenvalue weighted by Crippen LogP contribution is 2.30. The molecule has 0 bridgehead atoms. The lowest BCUT2D eigenvalue weighted by Crippen LogP contribution is -2.32. The maximum atomic E-state index is 12.8. The van der Waals surface area contributed by atoms with Gasteiger partial charge in [-0.05, 0) is 48.2 Å². The van der Waals surface area contributed by atoms with Crippen molar-refractivity contribution in [3.63, 3.8) is 0 Å². The van der Waals surface area contributed by atoms with Gasteiger partial charge in [-0.3, -0.25) is 4.72 Å². The smallest absolute Gasteiger partial charge is 0.337 e. The Hall–Kier alpha value is -2.45. The molecule has 31 heavy (non-hydrogen) atoms. The lowest BCUT2D eigenvalue weighted by molar-refractivity contribution is 0.0697. The van der Waals surface area contributed by atoms with E-state index >= 15 is 0 Å². The van der Waals surface area contributed by atoms with E-state index in [1.165, 1.54) is 31.4 Å². The summed E-state index contributed by atoms with van der Waals surface area (Å²) in [6.07, 6.45) is 0. The average Bonchev–Trinajstić information content (AvgIpc) is 2.66. The second-order valence-electron chi connectivity index (χ2n) is 8.13. The number of benzene rings is 2. The highest BCUT2D eigenvalue weighted by Gasteiger charge is 2.21. The number of methoxy groups -OCH3 is 1. The molecule has 0 spiro atoms. The van der Waals surface area contributed by atoms with Gasteiger partial charge < -0.3 is 14.7 Å². The van der Waals surface area contributed by atoms with Gasteiger partial charge in [-0.1, -0.05) is 39.3 Å². The number of nitrogens with zero attached hydrogens (tertiary/aromatic N) is 1. The van der Waals surface area contributed by atoms with Gasteiger partial charge in [0.05, 0.1) is 28.3 Å². The van der Waals surface area contributed by atoms with E-state index in [2.05, 4.69) is 32.4 Å². The van der Waals surface area contributed by atoms with E-state index in [0.29, 0.717) is 36.4 Å². The van der Waals surface area contributed by atoms with Gasteiger partial charge in [0.15, 0.2) is 0 Å². The first-order valence-corrected chi connectivity index (χ1v) is 11.8. The number of ether oxygens (including phenoxy) is 1. The summed E-state index contributed by atoms with van der Waals surface area (Å²) in [4.78, 5) is 13.9. The van der Waals surface area contributed by atoms with Crippen LogP contribution < -0.4 is 14.4 Å². The third-order valence-electron chi connectivity index (χ3n) is 4.42. The number of carbonyl (C=O) groups is 1. The monoisotopic (exact) mass is 468 g/mol. The van der Waals surface area contributed by atoms with Gasteiger partial charge >= 0.3 is 5.97 Å². The molecular weight excluding hydrogens is 440 g/mol. The van der Waals surface area contributed by atoms with Crippen molar-refractivity contribution in [1.29, 1.82) is 0 Å². The van der Waals surface area contributed by atoms with Crippen molar-refractivity contribution in [1.82, 2.24) is 0 Å². The van der Waals surface area contributed by atoms with Crippen LogP contribution >= 0.6 is 11.6 Å². The summed E-state index contributed by atoms with van der Waals surface area (Å²) in [5, 5.41) is 9.94. The van der Waals surface area contributed by atoms with Crippen molar-refractivity contribution in [2.24, 2.45) is 11.8 Å². The van der Waals surface area contributed by atoms with Gasteiger partial charge in [-0.2, -0.15) is 0 Å². The highest BCUT2D eigenvalue weighted by molar-refractivity contribution is 7.92. The third kappa shape index (κ3) is 6.51. The summed E-state index contributed by atoms with van der Waals surface area (Å²) >= 11 is 6.04. The zero-order valence-corrected chi connectivity index (χ0v) is 19.9. The fourth-order valence-electron chi connectivity index (χ4n) is 3.23. The number of nitrogens with one attached hydrogen (secondary N) is 1. The molecule has 2 aromatic rings. The molecule has 0 aliphatic carbocycles. The second kappa shape index (κ2) is 10.2. The van der Waals surface area contributed by atoms with Gasteiger partial charge in [0.1, 0.15) is 5.75 Å². The van der Waals surface area contributed by atoms with Crippen molar-refractivity contribution in [2.75, 3.05) is 29.8 Å². The Kier molecular flexibility index (Phi) is 8.20. The number of halogens is 1. The predicted octanol–water partition coefficient (Wildman–Crippen LogP) is 4.97. The summed E-state index contributed by atoms with van der Waals surface area (Å²) < 4.78 is 33.0. The van der Waals surface area contributed by atoms with Gasteiger partial charge in [0.25, 0.3) is 10.0 Å². The fraction of sp³-hybridized carbons (Fsp3) is 0.409. The molecule has 0 radical (unpaired) electrons. The summed E-state index contributed by atoms with van der Waals surface area (Å²) in [5.74, 6) is -0.105. The number of hydrogen-bond acceptors (Lipinski definition) is 5. The van der Waals surface area contributed by atoms with Crippen LogP contribution in [0.2, 0.25) is 5.02 Å². The number of carboxylic acid groups (broad SMARTS) is 1. The Balaban J connectivity index is 2.41. The summed E-state index contributed by atoms with van der Waals surface area (Å²) in [6.45, 7) is 9.64. The summed E-state index contributed by atoms with van der Waals surface area (Å²) in [6, 6.07) is 8.66. The van der Waals surface area contributed by atoms with Crippen molar-refractivity contribution >= 4 is 39.0 Å². The minimum atomic E-state index is -3.97. The number of anilines is 2. The molecule has 2 aromatic carbocycles. The Morgan fingerprint density at radius 1 is 1.10 bits per heavy atom. The number of aromatic carboxylic acids is 1. The number of rotatable bonds is 10. The lowest BCUT2D eigenvalue weighted by atomic mass is 10.1. The lowest BCUT2D eigenvalue weighted by Gasteiger charge is -2.30. The van der Waals surface area contributed by atoms with Gasteiger partial charge in [0.2, 0.25) is 0 Å². The van der Waals surface area contributed by atoms with E-state index in [0.717, 1.165) is 0 Å². The van der Waals surface area contributed by atoms with Crippen LogP contribution in [0.25, 0.3) is 0 Å². The van der Waals surface area contributed by atoms with Crippen LogP contribution in [0.4, 0.5) is 11.4 Å². The second-order valence-corrected chi connectivity index (χ2v) is 10.2. The van der Waals surface area contributed by atoms with Crippen LogP contribution in [0.5, 0.6) is 5.75 Å². The molecule has 0 saturated heterocycles. The molecule has 7 nitrogen and oxygen atoms in total. The largest absolute Gasteiger partial charge is 0.495 e. The van der Waals surface area contributed by atoms with Crippen LogP contribution in [0, 0.1) is 11.8 Å². The molecule has 0 amide bonds. The average molecular weight is 469 g/mol. The van der Waals surface area contributed by atoms with Crippen molar-refractivity contribution in [3.05, 3.63) is 47.0 Å². The molecule has 9 heteroatoms. The Morgan fingerprint density at radius 2 is 1.71 bits per heavy atom. The molecule has 0 atom stereocenters. The first-order chi connectivity index (χ1) is 14.4. The maximum Gasteiger partial charge on any atom is 0.337 e. The van der Waals surface area contributed by atoms with Gasteiger partial charge in [-0.15, -0.1) is 0 Å². The van der Waals surface area contributed by atoms with E-state index in [4.69, 9.17) is 16.3 Å². The highest BCUT2D eigenvalue weighted by atomic mass is 35.5. The fourth-order valence-corrected chi connectivity index (χ4v) is 4.63. The molecule has 2 rings (SSSR count). The van der Waals surface area contributed by atoms with E-state index in [-0.39, 0.29) is 21.2 Å². The van der Waals surface area contributed by atoms with Crippen molar-refractivity contribution in [2.45, 2.75) is 32.6 Å². The number of carboxylic acids is 1. The van der Waals surface area contributed by atoms with Gasteiger partial charge in [0, 0.05) is 18.8 Å². The zero-order valence-electron chi connectivity index (χ0n) is 18.3. The minimum Gasteiger partial charge on any atom is -0.495 e.